The molecule has 0 aromatic heterocycles. The maximum atomic E-state index is 12.1. The summed E-state index contributed by atoms with van der Waals surface area (Å²) in [6.45, 7) is 2.72. The molecule has 142 valence electrons. The van der Waals surface area contributed by atoms with Crippen LogP contribution in [0.25, 0.3) is 0 Å². The molecule has 1 aliphatic heterocycles. The number of carbonyl (C=O) groups is 2. The first-order valence-corrected chi connectivity index (χ1v) is 9.81. The Kier molecular flexibility index (Phi) is 8.54. The normalized spacial score (nSPS) is 19.0. The van der Waals surface area contributed by atoms with Gasteiger partial charge >= 0.3 is 5.97 Å². The fourth-order valence-electron chi connectivity index (χ4n) is 3.09. The predicted molar refractivity (Wildman–Crippen MR) is 105 cm³/mol. The van der Waals surface area contributed by atoms with Crippen molar-refractivity contribution in [1.29, 1.82) is 0 Å². The molecule has 1 aromatic rings. The molecule has 1 amide bonds. The first-order valence-electron chi connectivity index (χ1n) is 9.40. The van der Waals surface area contributed by atoms with Crippen molar-refractivity contribution in [2.75, 3.05) is 0 Å². The number of ether oxygens (including phenoxy) is 1. The number of benzene rings is 1. The Morgan fingerprint density at radius 3 is 2.73 bits per heavy atom. The van der Waals surface area contributed by atoms with Crippen LogP contribution >= 0.6 is 12.2 Å². The molecule has 0 spiro atoms. The van der Waals surface area contributed by atoms with Gasteiger partial charge in [0.2, 0.25) is 5.91 Å². The largest absolute Gasteiger partial charge is 0.462 e. The minimum atomic E-state index is -0.358. The van der Waals surface area contributed by atoms with E-state index in [2.05, 4.69) is 17.6 Å². The van der Waals surface area contributed by atoms with E-state index in [-0.39, 0.29) is 35.4 Å². The minimum absolute atomic E-state index is 0.0414. The van der Waals surface area contributed by atoms with E-state index >= 15 is 0 Å². The van der Waals surface area contributed by atoms with E-state index in [9.17, 15) is 9.59 Å². The van der Waals surface area contributed by atoms with Gasteiger partial charge in [-0.3, -0.25) is 9.59 Å². The van der Waals surface area contributed by atoms with Crippen molar-refractivity contribution in [1.82, 2.24) is 10.6 Å². The Bertz CT molecular complexity index is 606. The van der Waals surface area contributed by atoms with Gasteiger partial charge in [0.05, 0.1) is 5.92 Å². The van der Waals surface area contributed by atoms with Crippen molar-refractivity contribution in [3.05, 3.63) is 35.9 Å². The lowest BCUT2D eigenvalue weighted by molar-refractivity contribution is -0.145. The number of hydrogen-bond donors (Lipinski definition) is 2. The Hall–Kier alpha value is -1.95. The van der Waals surface area contributed by atoms with Gasteiger partial charge in [0.25, 0.3) is 0 Å². The third-order valence-corrected chi connectivity index (χ3v) is 4.77. The molecule has 2 N–H and O–H groups in total. The van der Waals surface area contributed by atoms with E-state index in [4.69, 9.17) is 17.0 Å². The van der Waals surface area contributed by atoms with E-state index in [1.807, 2.05) is 30.3 Å². The second-order valence-corrected chi connectivity index (χ2v) is 7.17. The average Bonchev–Trinajstić information content (AvgIpc) is 2.97. The molecule has 26 heavy (non-hydrogen) atoms. The lowest BCUT2D eigenvalue weighted by Crippen LogP contribution is -2.39. The number of cyclic esters (lactones) is 1. The summed E-state index contributed by atoms with van der Waals surface area (Å²) in [5.41, 5.74) is 1.08. The third kappa shape index (κ3) is 7.12. The van der Waals surface area contributed by atoms with E-state index in [0.29, 0.717) is 13.0 Å². The number of nitrogens with one attached hydrogen (secondary N) is 2. The van der Waals surface area contributed by atoms with Gasteiger partial charge in [0.1, 0.15) is 6.10 Å². The molecule has 5 nitrogen and oxygen atoms in total. The monoisotopic (exact) mass is 376 g/mol. The summed E-state index contributed by atoms with van der Waals surface area (Å²) in [5, 5.41) is 5.92. The molecule has 1 heterocycles. The third-order valence-electron chi connectivity index (χ3n) is 4.52. The Morgan fingerprint density at radius 1 is 1.23 bits per heavy atom. The average molecular weight is 377 g/mol. The zero-order valence-corrected chi connectivity index (χ0v) is 16.1. The number of rotatable bonds is 9. The first-order chi connectivity index (χ1) is 12.6. The highest BCUT2D eigenvalue weighted by Crippen LogP contribution is 2.27. The van der Waals surface area contributed by atoms with Gasteiger partial charge < -0.3 is 15.4 Å². The van der Waals surface area contributed by atoms with Crippen LogP contribution in [0.3, 0.4) is 0 Å². The molecule has 6 heteroatoms. The van der Waals surface area contributed by atoms with Crippen LogP contribution in [0.2, 0.25) is 0 Å². The summed E-state index contributed by atoms with van der Waals surface area (Å²) in [4.78, 5) is 24.1. The van der Waals surface area contributed by atoms with E-state index in [1.54, 1.807) is 0 Å². The highest BCUT2D eigenvalue weighted by Gasteiger charge is 2.35. The predicted octanol–water partition coefficient (Wildman–Crippen LogP) is 3.47. The standard InChI is InChI=1S/C20H28N2O3S/c1-2-3-4-8-11-17-12-16(19(24)25-17)13-18(23)22-20(26)21-14-15-9-6-5-7-10-15/h5-7,9-10,16-17H,2-4,8,11-14H2,1H3,(H2,21,22,23,26)/t16-,17+/m1/s1. The Morgan fingerprint density at radius 2 is 2.00 bits per heavy atom. The molecule has 0 unspecified atom stereocenters. The smallest absolute Gasteiger partial charge is 0.309 e. The van der Waals surface area contributed by atoms with Crippen LogP contribution in [-0.4, -0.2) is 23.1 Å². The fraction of sp³-hybridized carbons (Fsp3) is 0.550. The Labute approximate surface area is 160 Å². The summed E-state index contributed by atoms with van der Waals surface area (Å²) in [6.07, 6.45) is 6.22. The number of amides is 1. The van der Waals surface area contributed by atoms with E-state index in [0.717, 1.165) is 24.8 Å². The van der Waals surface area contributed by atoms with Gasteiger partial charge in [-0.05, 0) is 37.0 Å². The van der Waals surface area contributed by atoms with Gasteiger partial charge in [0.15, 0.2) is 5.11 Å². The number of hydrogen-bond acceptors (Lipinski definition) is 4. The zero-order chi connectivity index (χ0) is 18.8. The van der Waals surface area contributed by atoms with Crippen LogP contribution in [0.5, 0.6) is 0 Å². The quantitative estimate of drug-likeness (QED) is 0.392. The van der Waals surface area contributed by atoms with Gasteiger partial charge in [0, 0.05) is 13.0 Å². The number of esters is 1. The molecule has 0 radical (unpaired) electrons. The second-order valence-electron chi connectivity index (χ2n) is 6.76. The summed E-state index contributed by atoms with van der Waals surface area (Å²) in [6, 6.07) is 9.80. The minimum Gasteiger partial charge on any atom is -0.462 e. The highest BCUT2D eigenvalue weighted by molar-refractivity contribution is 7.80. The maximum Gasteiger partial charge on any atom is 0.309 e. The van der Waals surface area contributed by atoms with Crippen molar-refractivity contribution in [3.8, 4) is 0 Å². The molecule has 1 aromatic carbocycles. The summed E-state index contributed by atoms with van der Waals surface area (Å²) < 4.78 is 5.40. The number of carbonyl (C=O) groups excluding carboxylic acids is 2. The van der Waals surface area contributed by atoms with Crippen LogP contribution in [0.1, 0.15) is 57.4 Å². The molecule has 1 aliphatic rings. The molecule has 2 atom stereocenters. The van der Waals surface area contributed by atoms with Gasteiger partial charge in [-0.15, -0.1) is 0 Å². The topological polar surface area (TPSA) is 67.4 Å². The van der Waals surface area contributed by atoms with Crippen LogP contribution in [0.4, 0.5) is 0 Å². The number of thiocarbonyl (C=S) groups is 1. The molecular formula is C20H28N2O3S. The van der Waals surface area contributed by atoms with Crippen molar-refractivity contribution in [2.24, 2.45) is 5.92 Å². The fourth-order valence-corrected chi connectivity index (χ4v) is 3.27. The lowest BCUT2D eigenvalue weighted by atomic mass is 9.98. The second kappa shape index (κ2) is 10.9. The summed E-state index contributed by atoms with van der Waals surface area (Å²) in [7, 11) is 0. The van der Waals surface area contributed by atoms with Crippen LogP contribution in [0.15, 0.2) is 30.3 Å². The number of unbranched alkanes of at least 4 members (excludes halogenated alkanes) is 3. The van der Waals surface area contributed by atoms with Gasteiger partial charge in [-0.2, -0.15) is 0 Å². The molecule has 1 fully saturated rings. The molecule has 0 saturated carbocycles. The van der Waals surface area contributed by atoms with Gasteiger partial charge in [-0.1, -0.05) is 56.5 Å². The molecule has 0 aliphatic carbocycles. The maximum absolute atomic E-state index is 12.1. The zero-order valence-electron chi connectivity index (χ0n) is 15.3. The van der Waals surface area contributed by atoms with Crippen molar-refractivity contribution >= 4 is 29.2 Å². The van der Waals surface area contributed by atoms with Crippen LogP contribution < -0.4 is 10.6 Å². The highest BCUT2D eigenvalue weighted by atomic mass is 32.1. The van der Waals surface area contributed by atoms with Crippen molar-refractivity contribution in [2.45, 2.75) is 64.5 Å². The Balaban J connectivity index is 1.66. The first kappa shape index (κ1) is 20.4. The molecular weight excluding hydrogens is 348 g/mol. The van der Waals surface area contributed by atoms with Gasteiger partial charge in [-0.25, -0.2) is 0 Å². The molecule has 2 rings (SSSR count). The molecule has 1 saturated heterocycles. The summed E-state index contributed by atoms with van der Waals surface area (Å²) in [5.74, 6) is -0.865. The summed E-state index contributed by atoms with van der Waals surface area (Å²) >= 11 is 5.15. The van der Waals surface area contributed by atoms with Crippen molar-refractivity contribution in [3.63, 3.8) is 0 Å². The lowest BCUT2D eigenvalue weighted by Gasteiger charge is -2.11. The van der Waals surface area contributed by atoms with E-state index < -0.39 is 0 Å². The van der Waals surface area contributed by atoms with E-state index in [1.165, 1.54) is 12.8 Å². The molecule has 0 bridgehead atoms. The van der Waals surface area contributed by atoms with Crippen molar-refractivity contribution < 1.29 is 14.3 Å². The SMILES string of the molecule is CCCCCC[C@H]1C[C@H](CC(=O)NC(=S)NCc2ccccc2)C(=O)O1. The van der Waals surface area contributed by atoms with Crippen LogP contribution in [-0.2, 0) is 20.9 Å². The van der Waals surface area contributed by atoms with Crippen LogP contribution in [0, 0.1) is 5.92 Å².